The molecule has 0 unspecified atom stereocenters. The van der Waals surface area contributed by atoms with Crippen LogP contribution in [0.15, 0.2) is 0 Å². The van der Waals surface area contributed by atoms with Crippen molar-refractivity contribution in [2.24, 2.45) is 0 Å². The second kappa shape index (κ2) is 5.58. The predicted octanol–water partition coefficient (Wildman–Crippen LogP) is -6.73. The minimum absolute atomic E-state index is 0. The largest absolute Gasteiger partial charge is 1.00 e. The Labute approximate surface area is 112 Å². The Bertz CT molecular complexity index is 392. The molecule has 0 heterocycles. The summed E-state index contributed by atoms with van der Waals surface area (Å²) in [6.07, 6.45) is -6.64. The molecule has 0 radical (unpaired) electrons. The van der Waals surface area contributed by atoms with Crippen LogP contribution >= 0.6 is 0 Å². The van der Waals surface area contributed by atoms with Crippen molar-refractivity contribution in [1.29, 1.82) is 0 Å². The Morgan fingerprint density at radius 3 is 0.938 bits per heavy atom. The van der Waals surface area contributed by atoms with Crippen molar-refractivity contribution in [3.8, 4) is 0 Å². The van der Waals surface area contributed by atoms with Gasteiger partial charge < -0.3 is 9.11 Å². The first-order valence-corrected chi connectivity index (χ1v) is 5.23. The standard InChI is InChI=1S/C2H2F4O6S2.2Li/c3-1(4,5)2(6,13(7,8)9)14(10,11)12;;/h(H,7,8,9)(H,10,11,12);;/q;2*+1/p-2. The Morgan fingerprint density at radius 2 is 0.938 bits per heavy atom. The molecule has 0 amide bonds. The van der Waals surface area contributed by atoms with E-state index in [2.05, 4.69) is 0 Å². The molecule has 0 spiro atoms. The SMILES string of the molecule is O=S(=O)([O-])C(F)(C(F)(F)F)S(=O)(=O)[O-].[Li+].[Li+]. The van der Waals surface area contributed by atoms with Crippen molar-refractivity contribution in [3.63, 3.8) is 0 Å². The second-order valence-corrected chi connectivity index (χ2v) is 5.14. The zero-order valence-electron chi connectivity index (χ0n) is 7.78. The number of hydrogen-bond donors (Lipinski definition) is 0. The summed E-state index contributed by atoms with van der Waals surface area (Å²) >= 11 is 0. The third-order valence-corrected chi connectivity index (χ3v) is 3.96. The summed E-state index contributed by atoms with van der Waals surface area (Å²) < 4.78 is 99.0. The minimum atomic E-state index is -7.02. The van der Waals surface area contributed by atoms with Crippen molar-refractivity contribution in [1.82, 2.24) is 0 Å². The van der Waals surface area contributed by atoms with Crippen LogP contribution in [-0.4, -0.2) is 36.5 Å². The molecule has 0 aromatic carbocycles. The summed E-state index contributed by atoms with van der Waals surface area (Å²) in [6, 6.07) is 0. The number of halogens is 4. The molecule has 16 heavy (non-hydrogen) atoms. The van der Waals surface area contributed by atoms with Crippen LogP contribution in [0.5, 0.6) is 0 Å². The average molecular weight is 274 g/mol. The van der Waals surface area contributed by atoms with Crippen LogP contribution in [0.3, 0.4) is 0 Å². The molecule has 0 fully saturated rings. The van der Waals surface area contributed by atoms with E-state index < -0.39 is 30.7 Å². The minimum Gasteiger partial charge on any atom is -0.744 e. The fourth-order valence-electron chi connectivity index (χ4n) is 0.408. The summed E-state index contributed by atoms with van der Waals surface area (Å²) in [6.45, 7) is 0. The molecule has 0 saturated carbocycles. The van der Waals surface area contributed by atoms with Crippen LogP contribution in [-0.2, 0) is 20.2 Å². The Morgan fingerprint density at radius 1 is 0.750 bits per heavy atom. The van der Waals surface area contributed by atoms with Gasteiger partial charge in [-0.1, -0.05) is 0 Å². The number of alkyl halides is 4. The molecule has 0 N–H and O–H groups in total. The summed E-state index contributed by atoms with van der Waals surface area (Å²) in [4.78, 5) is 0. The van der Waals surface area contributed by atoms with E-state index in [4.69, 9.17) is 0 Å². The van der Waals surface area contributed by atoms with Crippen LogP contribution in [0, 0.1) is 0 Å². The maximum Gasteiger partial charge on any atom is 1.00 e. The molecule has 14 heteroatoms. The van der Waals surface area contributed by atoms with Crippen LogP contribution < -0.4 is 37.7 Å². The van der Waals surface area contributed by atoms with Crippen LogP contribution in [0.1, 0.15) is 0 Å². The fourth-order valence-corrected chi connectivity index (χ4v) is 1.98. The third kappa shape index (κ3) is 3.61. The first kappa shape index (κ1) is 22.0. The van der Waals surface area contributed by atoms with Gasteiger partial charge in [0.1, 0.15) is 0 Å². The molecule has 0 aliphatic carbocycles. The molecule has 0 aliphatic rings. The van der Waals surface area contributed by atoms with Crippen LogP contribution in [0.25, 0.3) is 0 Å². The first-order valence-electron chi connectivity index (χ1n) is 2.41. The molecule has 6 nitrogen and oxygen atoms in total. The molecule has 0 aromatic rings. The van der Waals surface area contributed by atoms with Gasteiger partial charge in [-0.05, 0) is 0 Å². The molecule has 0 bridgehead atoms. The van der Waals surface area contributed by atoms with Crippen molar-refractivity contribution < 1.29 is 81.2 Å². The van der Waals surface area contributed by atoms with Crippen molar-refractivity contribution >= 4 is 20.2 Å². The number of hydrogen-bond acceptors (Lipinski definition) is 6. The van der Waals surface area contributed by atoms with Gasteiger partial charge in [0.2, 0.25) is 0 Å². The zero-order chi connectivity index (χ0) is 12.0. The van der Waals surface area contributed by atoms with E-state index in [0.717, 1.165) is 0 Å². The molecule has 0 rings (SSSR count). The first-order chi connectivity index (χ1) is 5.75. The van der Waals surface area contributed by atoms with E-state index in [0.29, 0.717) is 0 Å². The Balaban J connectivity index is -0.000000845. The van der Waals surface area contributed by atoms with Crippen LogP contribution in [0.4, 0.5) is 17.6 Å². The van der Waals surface area contributed by atoms with Gasteiger partial charge in [-0.3, -0.25) is 0 Å². The van der Waals surface area contributed by atoms with Gasteiger partial charge in [0.15, 0.2) is 20.2 Å². The smallest absolute Gasteiger partial charge is 0.744 e. The van der Waals surface area contributed by atoms with E-state index in [-0.39, 0.29) is 37.7 Å². The molecule has 86 valence electrons. The molecular weight excluding hydrogens is 274 g/mol. The van der Waals surface area contributed by atoms with E-state index in [1.165, 1.54) is 0 Å². The van der Waals surface area contributed by atoms with E-state index in [9.17, 15) is 43.5 Å². The quantitative estimate of drug-likeness (QED) is 0.281. The Hall–Kier alpha value is 0.735. The van der Waals surface area contributed by atoms with Crippen molar-refractivity contribution in [2.45, 2.75) is 10.5 Å². The van der Waals surface area contributed by atoms with Gasteiger partial charge in [0, 0.05) is 0 Å². The second-order valence-electron chi connectivity index (χ2n) is 1.94. The summed E-state index contributed by atoms with van der Waals surface area (Å²) in [7, 11) is -14.0. The summed E-state index contributed by atoms with van der Waals surface area (Å²) in [5.74, 6) is 0. The van der Waals surface area contributed by atoms with E-state index >= 15 is 0 Å². The topological polar surface area (TPSA) is 114 Å². The third-order valence-electron chi connectivity index (χ3n) is 0.982. The van der Waals surface area contributed by atoms with E-state index in [1.807, 2.05) is 0 Å². The fraction of sp³-hybridized carbons (Fsp3) is 1.00. The summed E-state index contributed by atoms with van der Waals surface area (Å²) in [5, 5.41) is 0. The normalized spacial score (nSPS) is 13.6. The average Bonchev–Trinajstić information content (AvgIpc) is 1.77. The summed E-state index contributed by atoms with van der Waals surface area (Å²) in [5.41, 5.74) is 0. The van der Waals surface area contributed by atoms with Gasteiger partial charge in [0.25, 0.3) is 0 Å². The Kier molecular flexibility index (Phi) is 7.66. The van der Waals surface area contributed by atoms with Crippen molar-refractivity contribution in [3.05, 3.63) is 0 Å². The number of rotatable bonds is 2. The van der Waals surface area contributed by atoms with Crippen LogP contribution in [0.2, 0.25) is 0 Å². The van der Waals surface area contributed by atoms with Gasteiger partial charge in [-0.25, -0.2) is 21.2 Å². The van der Waals surface area contributed by atoms with Gasteiger partial charge in [-0.15, -0.1) is 0 Å². The predicted molar refractivity (Wildman–Crippen MR) is 29.3 cm³/mol. The maximum atomic E-state index is 12.4. The molecule has 0 aliphatic heterocycles. The maximum absolute atomic E-state index is 12.4. The van der Waals surface area contributed by atoms with Gasteiger partial charge in [-0.2, -0.15) is 13.2 Å². The molecule has 0 atom stereocenters. The zero-order valence-corrected chi connectivity index (χ0v) is 9.41. The molecule has 0 saturated heterocycles. The van der Waals surface area contributed by atoms with Gasteiger partial charge >= 0.3 is 48.2 Å². The molecular formula is C2F4Li2O6S2. The van der Waals surface area contributed by atoms with Crippen molar-refractivity contribution in [2.75, 3.05) is 0 Å². The van der Waals surface area contributed by atoms with E-state index in [1.54, 1.807) is 0 Å². The van der Waals surface area contributed by atoms with Gasteiger partial charge in [0.05, 0.1) is 0 Å². The molecule has 0 aromatic heterocycles. The monoisotopic (exact) mass is 274 g/mol.